The van der Waals surface area contributed by atoms with Gasteiger partial charge in [0.2, 0.25) is 6.54 Å². The number of hydrogen-bond donors (Lipinski definition) is 1. The number of halogens is 1. The number of nitrogens with zero attached hydrogens (tertiary/aromatic N) is 1. The molecule has 4 aromatic rings. The lowest BCUT2D eigenvalue weighted by Gasteiger charge is -2.16. The first-order chi connectivity index (χ1) is 13.1. The Hall–Kier alpha value is -3.47. The van der Waals surface area contributed by atoms with E-state index >= 15 is 0 Å². The topological polar surface area (TPSA) is 58.9 Å². The molecule has 0 amide bonds. The summed E-state index contributed by atoms with van der Waals surface area (Å²) in [6, 6.07) is 23.7. The molecule has 4 rings (SSSR count). The smallest absolute Gasteiger partial charge is 0.214 e. The lowest BCUT2D eigenvalue weighted by atomic mass is 9.87. The molecule has 1 heterocycles. The van der Waals surface area contributed by atoms with Crippen LogP contribution in [0, 0.1) is 15.9 Å². The summed E-state index contributed by atoms with van der Waals surface area (Å²) in [7, 11) is 0. The van der Waals surface area contributed by atoms with Gasteiger partial charge in [0.1, 0.15) is 5.82 Å². The average Bonchev–Trinajstić information content (AvgIpc) is 3.08. The molecule has 27 heavy (non-hydrogen) atoms. The van der Waals surface area contributed by atoms with Gasteiger partial charge in [0.25, 0.3) is 0 Å². The highest BCUT2D eigenvalue weighted by atomic mass is 19.1. The molecule has 1 N–H and O–H groups in total. The largest absolute Gasteiger partial charge is 0.352 e. The number of H-pyrrole nitrogens is 1. The third-order valence-corrected chi connectivity index (χ3v) is 4.77. The van der Waals surface area contributed by atoms with Gasteiger partial charge in [0, 0.05) is 10.3 Å². The monoisotopic (exact) mass is 360 g/mol. The normalized spacial score (nSPS) is 12.2. The van der Waals surface area contributed by atoms with Crippen LogP contribution in [-0.4, -0.2) is 16.5 Å². The van der Waals surface area contributed by atoms with E-state index in [1.54, 1.807) is 6.07 Å². The summed E-state index contributed by atoms with van der Waals surface area (Å²) in [5.41, 5.74) is 3.53. The molecule has 4 nitrogen and oxygen atoms in total. The van der Waals surface area contributed by atoms with E-state index in [1.165, 1.54) is 6.07 Å². The fraction of sp³-hybridized carbons (Fsp3) is 0.0909. The second-order valence-electron chi connectivity index (χ2n) is 6.42. The van der Waals surface area contributed by atoms with E-state index in [0.717, 1.165) is 16.7 Å². The fourth-order valence-electron chi connectivity index (χ4n) is 3.59. The van der Waals surface area contributed by atoms with Crippen LogP contribution in [0.25, 0.3) is 22.2 Å². The Morgan fingerprint density at radius 1 is 0.926 bits per heavy atom. The van der Waals surface area contributed by atoms with Gasteiger partial charge in [-0.05, 0) is 22.8 Å². The first-order valence-electron chi connectivity index (χ1n) is 8.67. The molecule has 1 aromatic heterocycles. The van der Waals surface area contributed by atoms with E-state index in [2.05, 4.69) is 4.98 Å². The molecule has 0 aliphatic heterocycles. The summed E-state index contributed by atoms with van der Waals surface area (Å²) >= 11 is 0. The standard InChI is InChI=1S/C22H17FN2O2/c23-19-13-7-12-17-20(18(14-25(26)27)15-8-3-1-4-9-15)21(24-22(17)19)16-10-5-2-6-11-16/h1-13,18,24H,14H2. The van der Waals surface area contributed by atoms with Crippen molar-refractivity contribution in [2.75, 3.05) is 6.54 Å². The van der Waals surface area contributed by atoms with Crippen LogP contribution < -0.4 is 0 Å². The van der Waals surface area contributed by atoms with Gasteiger partial charge in [-0.25, -0.2) is 4.39 Å². The zero-order valence-corrected chi connectivity index (χ0v) is 14.4. The van der Waals surface area contributed by atoms with E-state index in [9.17, 15) is 14.5 Å². The van der Waals surface area contributed by atoms with Crippen LogP contribution in [-0.2, 0) is 0 Å². The third-order valence-electron chi connectivity index (χ3n) is 4.77. The van der Waals surface area contributed by atoms with Crippen LogP contribution in [0.4, 0.5) is 4.39 Å². The number of nitrogens with one attached hydrogen (secondary N) is 1. The van der Waals surface area contributed by atoms with Gasteiger partial charge >= 0.3 is 0 Å². The van der Waals surface area contributed by atoms with Crippen LogP contribution in [0.2, 0.25) is 0 Å². The first-order valence-corrected chi connectivity index (χ1v) is 8.67. The van der Waals surface area contributed by atoms with Gasteiger partial charge in [-0.2, -0.15) is 0 Å². The molecule has 3 aromatic carbocycles. The van der Waals surface area contributed by atoms with Crippen molar-refractivity contribution in [3.8, 4) is 11.3 Å². The van der Waals surface area contributed by atoms with Crippen molar-refractivity contribution in [3.05, 3.63) is 106 Å². The van der Waals surface area contributed by atoms with Crippen molar-refractivity contribution >= 4 is 10.9 Å². The van der Waals surface area contributed by atoms with E-state index in [4.69, 9.17) is 0 Å². The summed E-state index contributed by atoms with van der Waals surface area (Å²) in [6.45, 7) is -0.271. The lowest BCUT2D eigenvalue weighted by molar-refractivity contribution is -0.481. The van der Waals surface area contributed by atoms with Gasteiger partial charge in [0.05, 0.1) is 17.1 Å². The summed E-state index contributed by atoms with van der Waals surface area (Å²) in [6.07, 6.45) is 0. The molecule has 0 fully saturated rings. The second-order valence-corrected chi connectivity index (χ2v) is 6.42. The highest BCUT2D eigenvalue weighted by molar-refractivity contribution is 5.92. The number of rotatable bonds is 5. The van der Waals surface area contributed by atoms with Gasteiger partial charge in [-0.3, -0.25) is 10.1 Å². The Morgan fingerprint density at radius 2 is 1.59 bits per heavy atom. The highest BCUT2D eigenvalue weighted by Gasteiger charge is 2.28. The van der Waals surface area contributed by atoms with Crippen LogP contribution >= 0.6 is 0 Å². The predicted octanol–water partition coefficient (Wildman–Crippen LogP) is 5.38. The van der Waals surface area contributed by atoms with Crippen molar-refractivity contribution in [1.82, 2.24) is 4.98 Å². The van der Waals surface area contributed by atoms with E-state index < -0.39 is 5.92 Å². The molecule has 1 unspecified atom stereocenters. The molecular formula is C22H17FN2O2. The molecule has 0 saturated heterocycles. The number of benzene rings is 3. The lowest BCUT2D eigenvalue weighted by Crippen LogP contribution is -2.14. The number of nitro groups is 1. The SMILES string of the molecule is O=[N+]([O-])CC(c1ccccc1)c1c(-c2ccccc2)[nH]c2c(F)cccc12. The predicted molar refractivity (Wildman–Crippen MR) is 104 cm³/mol. The van der Waals surface area contributed by atoms with Crippen molar-refractivity contribution in [2.24, 2.45) is 0 Å². The number of fused-ring (bicyclic) bond motifs is 1. The third kappa shape index (κ3) is 3.19. The van der Waals surface area contributed by atoms with E-state index in [0.29, 0.717) is 16.6 Å². The number of para-hydroxylation sites is 1. The Balaban J connectivity index is 2.03. The molecule has 5 heteroatoms. The molecule has 134 valence electrons. The molecule has 0 spiro atoms. The summed E-state index contributed by atoms with van der Waals surface area (Å²) in [4.78, 5) is 14.3. The minimum Gasteiger partial charge on any atom is -0.352 e. The molecule has 0 saturated carbocycles. The van der Waals surface area contributed by atoms with Crippen molar-refractivity contribution in [1.29, 1.82) is 0 Å². The zero-order valence-electron chi connectivity index (χ0n) is 14.4. The molecule has 0 radical (unpaired) electrons. The highest BCUT2D eigenvalue weighted by Crippen LogP contribution is 2.39. The number of aromatic amines is 1. The summed E-state index contributed by atoms with van der Waals surface area (Å²) in [5.74, 6) is -0.865. The summed E-state index contributed by atoms with van der Waals surface area (Å²) < 4.78 is 14.5. The van der Waals surface area contributed by atoms with Crippen molar-refractivity contribution in [3.63, 3.8) is 0 Å². The number of aromatic nitrogens is 1. The van der Waals surface area contributed by atoms with Crippen LogP contribution in [0.3, 0.4) is 0 Å². The second kappa shape index (κ2) is 7.03. The van der Waals surface area contributed by atoms with Gasteiger partial charge < -0.3 is 4.98 Å². The summed E-state index contributed by atoms with van der Waals surface area (Å²) in [5, 5.41) is 12.1. The van der Waals surface area contributed by atoms with Crippen molar-refractivity contribution < 1.29 is 9.31 Å². The Kier molecular flexibility index (Phi) is 4.42. The fourth-order valence-corrected chi connectivity index (χ4v) is 3.59. The zero-order chi connectivity index (χ0) is 18.8. The Bertz CT molecular complexity index is 1090. The van der Waals surface area contributed by atoms with E-state index in [1.807, 2.05) is 66.7 Å². The first kappa shape index (κ1) is 17.0. The van der Waals surface area contributed by atoms with Gasteiger partial charge in [-0.15, -0.1) is 0 Å². The maximum atomic E-state index is 14.5. The maximum Gasteiger partial charge on any atom is 0.214 e. The minimum atomic E-state index is -0.494. The Morgan fingerprint density at radius 3 is 2.26 bits per heavy atom. The van der Waals surface area contributed by atoms with Crippen molar-refractivity contribution in [2.45, 2.75) is 5.92 Å². The maximum absolute atomic E-state index is 14.5. The molecule has 0 aliphatic rings. The average molecular weight is 360 g/mol. The van der Waals surface area contributed by atoms with Gasteiger partial charge in [0.15, 0.2) is 0 Å². The minimum absolute atomic E-state index is 0.271. The van der Waals surface area contributed by atoms with Crippen LogP contribution in [0.1, 0.15) is 17.0 Å². The van der Waals surface area contributed by atoms with Crippen LogP contribution in [0.5, 0.6) is 0 Å². The van der Waals surface area contributed by atoms with Crippen LogP contribution in [0.15, 0.2) is 78.9 Å². The molecule has 1 atom stereocenters. The molecular weight excluding hydrogens is 343 g/mol. The quantitative estimate of drug-likeness (QED) is 0.383. The molecule has 0 aliphatic carbocycles. The number of hydrogen-bond acceptors (Lipinski definition) is 2. The Labute approximate surface area is 155 Å². The van der Waals surface area contributed by atoms with E-state index in [-0.39, 0.29) is 17.3 Å². The molecule has 0 bridgehead atoms. The van der Waals surface area contributed by atoms with Gasteiger partial charge in [-0.1, -0.05) is 72.8 Å².